The smallest absolute Gasteiger partial charge is 0.347 e. The number of nitrogens with zero attached hydrogens (tertiary/aromatic N) is 2. The van der Waals surface area contributed by atoms with E-state index in [-0.39, 0.29) is 17.2 Å². The summed E-state index contributed by atoms with van der Waals surface area (Å²) in [4.78, 5) is 20.2. The topological polar surface area (TPSA) is 66.9 Å². The molecule has 0 fully saturated rings. The fourth-order valence-electron chi connectivity index (χ4n) is 2.55. The lowest BCUT2D eigenvalue weighted by molar-refractivity contribution is -0.137. The standard InChI is InChI=1S/C20H17F3N4O/c1-13-5-2-3-6-14(13)11-24-19(28)17-10-18(26-12-25-17)27-16-8-4-7-15(9-16)20(21,22)23/h2-10,12H,11H2,1H3,(H,24,28)(H,25,26,27). The number of anilines is 2. The van der Waals surface area contributed by atoms with E-state index in [1.165, 1.54) is 24.5 Å². The van der Waals surface area contributed by atoms with Gasteiger partial charge in [0.05, 0.1) is 5.56 Å². The maximum absolute atomic E-state index is 12.8. The average Bonchev–Trinajstić information content (AvgIpc) is 2.67. The second kappa shape index (κ2) is 8.08. The molecule has 0 aliphatic carbocycles. The van der Waals surface area contributed by atoms with Gasteiger partial charge in [0.2, 0.25) is 0 Å². The van der Waals surface area contributed by atoms with Gasteiger partial charge in [-0.25, -0.2) is 9.97 Å². The summed E-state index contributed by atoms with van der Waals surface area (Å²) in [5.41, 5.74) is 1.57. The first-order valence-corrected chi connectivity index (χ1v) is 8.42. The SMILES string of the molecule is Cc1ccccc1CNC(=O)c1cc(Nc2cccc(C(F)(F)F)c2)ncn1. The van der Waals surface area contributed by atoms with Crippen LogP contribution in [-0.4, -0.2) is 15.9 Å². The molecular weight excluding hydrogens is 369 g/mol. The van der Waals surface area contributed by atoms with E-state index in [0.29, 0.717) is 6.54 Å². The molecule has 1 heterocycles. The van der Waals surface area contributed by atoms with Gasteiger partial charge >= 0.3 is 6.18 Å². The van der Waals surface area contributed by atoms with Crippen molar-refractivity contribution in [3.05, 3.63) is 83.3 Å². The van der Waals surface area contributed by atoms with Crippen molar-refractivity contribution >= 4 is 17.4 Å². The number of hydrogen-bond donors (Lipinski definition) is 2. The Hall–Kier alpha value is -3.42. The zero-order valence-corrected chi connectivity index (χ0v) is 14.9. The van der Waals surface area contributed by atoms with E-state index in [0.717, 1.165) is 23.3 Å². The Kier molecular flexibility index (Phi) is 5.58. The summed E-state index contributed by atoms with van der Waals surface area (Å²) in [6.07, 6.45) is -3.26. The van der Waals surface area contributed by atoms with Gasteiger partial charge < -0.3 is 10.6 Å². The molecule has 144 valence electrons. The predicted molar refractivity (Wildman–Crippen MR) is 99.1 cm³/mol. The Morgan fingerprint density at radius 1 is 1.04 bits per heavy atom. The van der Waals surface area contributed by atoms with E-state index >= 15 is 0 Å². The van der Waals surface area contributed by atoms with E-state index in [1.54, 1.807) is 0 Å². The monoisotopic (exact) mass is 386 g/mol. The molecule has 8 heteroatoms. The largest absolute Gasteiger partial charge is 0.416 e. The lowest BCUT2D eigenvalue weighted by Gasteiger charge is -2.11. The minimum absolute atomic E-state index is 0.109. The summed E-state index contributed by atoms with van der Waals surface area (Å²) < 4.78 is 38.5. The number of halogens is 3. The second-order valence-corrected chi connectivity index (χ2v) is 6.10. The minimum Gasteiger partial charge on any atom is -0.347 e. The van der Waals surface area contributed by atoms with E-state index < -0.39 is 17.6 Å². The van der Waals surface area contributed by atoms with Crippen LogP contribution in [-0.2, 0) is 12.7 Å². The lowest BCUT2D eigenvalue weighted by atomic mass is 10.1. The second-order valence-electron chi connectivity index (χ2n) is 6.10. The van der Waals surface area contributed by atoms with Crippen LogP contribution in [0.1, 0.15) is 27.2 Å². The molecule has 2 N–H and O–H groups in total. The molecule has 0 bridgehead atoms. The quantitative estimate of drug-likeness (QED) is 0.679. The molecule has 0 spiro atoms. The van der Waals surface area contributed by atoms with Crippen LogP contribution in [0.5, 0.6) is 0 Å². The minimum atomic E-state index is -4.44. The normalized spacial score (nSPS) is 11.1. The van der Waals surface area contributed by atoms with Gasteiger partial charge in [-0.1, -0.05) is 30.3 Å². The molecular formula is C20H17F3N4O. The highest BCUT2D eigenvalue weighted by atomic mass is 19.4. The molecule has 28 heavy (non-hydrogen) atoms. The van der Waals surface area contributed by atoms with Crippen LogP contribution in [0, 0.1) is 6.92 Å². The third kappa shape index (κ3) is 4.85. The molecule has 0 radical (unpaired) electrons. The van der Waals surface area contributed by atoms with Gasteiger partial charge in [-0.15, -0.1) is 0 Å². The lowest BCUT2D eigenvalue weighted by Crippen LogP contribution is -2.24. The van der Waals surface area contributed by atoms with Crippen LogP contribution in [0.3, 0.4) is 0 Å². The first-order valence-electron chi connectivity index (χ1n) is 8.42. The Morgan fingerprint density at radius 3 is 2.57 bits per heavy atom. The number of benzene rings is 2. The number of aryl methyl sites for hydroxylation is 1. The number of nitrogens with one attached hydrogen (secondary N) is 2. The molecule has 0 saturated carbocycles. The fourth-order valence-corrected chi connectivity index (χ4v) is 2.55. The summed E-state index contributed by atoms with van der Waals surface area (Å²) in [5.74, 6) is -0.187. The van der Waals surface area contributed by atoms with Gasteiger partial charge in [-0.2, -0.15) is 13.2 Å². The predicted octanol–water partition coefficient (Wildman–Crippen LogP) is 4.48. The van der Waals surface area contributed by atoms with Gasteiger partial charge in [0.25, 0.3) is 5.91 Å². The fraction of sp³-hybridized carbons (Fsp3) is 0.150. The maximum atomic E-state index is 12.8. The van der Waals surface area contributed by atoms with Crippen LogP contribution in [0.15, 0.2) is 60.9 Å². The van der Waals surface area contributed by atoms with Crippen molar-refractivity contribution < 1.29 is 18.0 Å². The van der Waals surface area contributed by atoms with Crippen molar-refractivity contribution in [3.8, 4) is 0 Å². The van der Waals surface area contributed by atoms with Gasteiger partial charge in [0.15, 0.2) is 0 Å². The van der Waals surface area contributed by atoms with Crippen LogP contribution < -0.4 is 10.6 Å². The zero-order chi connectivity index (χ0) is 20.1. The number of alkyl halides is 3. The molecule has 0 aliphatic heterocycles. The molecule has 0 atom stereocenters. The Balaban J connectivity index is 1.70. The molecule has 1 amide bonds. The average molecular weight is 386 g/mol. The third-order valence-electron chi connectivity index (χ3n) is 4.06. The Bertz CT molecular complexity index is 989. The first kappa shape index (κ1) is 19.3. The van der Waals surface area contributed by atoms with Crippen LogP contribution >= 0.6 is 0 Å². The van der Waals surface area contributed by atoms with Crippen LogP contribution in [0.25, 0.3) is 0 Å². The molecule has 1 aromatic heterocycles. The number of rotatable bonds is 5. The van der Waals surface area contributed by atoms with Gasteiger partial charge in [0.1, 0.15) is 17.8 Å². The van der Waals surface area contributed by atoms with Crippen molar-refractivity contribution in [2.45, 2.75) is 19.6 Å². The molecule has 0 unspecified atom stereocenters. The van der Waals surface area contributed by atoms with E-state index in [1.807, 2.05) is 31.2 Å². The molecule has 3 rings (SSSR count). The van der Waals surface area contributed by atoms with Crippen molar-refractivity contribution in [2.75, 3.05) is 5.32 Å². The summed E-state index contributed by atoms with van der Waals surface area (Å²) in [5, 5.41) is 5.53. The number of amides is 1. The summed E-state index contributed by atoms with van der Waals surface area (Å²) in [6, 6.07) is 13.8. The molecule has 0 saturated heterocycles. The van der Waals surface area contributed by atoms with Crippen molar-refractivity contribution in [2.24, 2.45) is 0 Å². The maximum Gasteiger partial charge on any atom is 0.416 e. The highest BCUT2D eigenvalue weighted by molar-refractivity contribution is 5.92. The summed E-state index contributed by atoms with van der Waals surface area (Å²) in [6.45, 7) is 2.29. The van der Waals surface area contributed by atoms with Crippen LogP contribution in [0.2, 0.25) is 0 Å². The van der Waals surface area contributed by atoms with E-state index in [2.05, 4.69) is 20.6 Å². The molecule has 0 aliphatic rings. The van der Waals surface area contributed by atoms with Crippen molar-refractivity contribution in [1.29, 1.82) is 0 Å². The summed E-state index contributed by atoms with van der Waals surface area (Å²) in [7, 11) is 0. The number of hydrogen-bond acceptors (Lipinski definition) is 4. The van der Waals surface area contributed by atoms with Crippen molar-refractivity contribution in [3.63, 3.8) is 0 Å². The highest BCUT2D eigenvalue weighted by Gasteiger charge is 2.30. The highest BCUT2D eigenvalue weighted by Crippen LogP contribution is 2.31. The molecule has 5 nitrogen and oxygen atoms in total. The van der Waals surface area contributed by atoms with Gasteiger partial charge in [-0.3, -0.25) is 4.79 Å². The Labute approximate surface area is 159 Å². The van der Waals surface area contributed by atoms with Gasteiger partial charge in [-0.05, 0) is 36.2 Å². The van der Waals surface area contributed by atoms with Crippen LogP contribution in [0.4, 0.5) is 24.7 Å². The first-order chi connectivity index (χ1) is 13.3. The zero-order valence-electron chi connectivity index (χ0n) is 14.9. The third-order valence-corrected chi connectivity index (χ3v) is 4.06. The number of carbonyl (C=O) groups excluding carboxylic acids is 1. The molecule has 3 aromatic rings. The number of aromatic nitrogens is 2. The number of carbonyl (C=O) groups is 1. The van der Waals surface area contributed by atoms with E-state index in [9.17, 15) is 18.0 Å². The van der Waals surface area contributed by atoms with Gasteiger partial charge in [0, 0.05) is 18.3 Å². The summed E-state index contributed by atoms with van der Waals surface area (Å²) >= 11 is 0. The Morgan fingerprint density at radius 2 is 1.82 bits per heavy atom. The molecule has 2 aromatic carbocycles. The van der Waals surface area contributed by atoms with E-state index in [4.69, 9.17) is 0 Å². The van der Waals surface area contributed by atoms with Crippen molar-refractivity contribution in [1.82, 2.24) is 15.3 Å².